The van der Waals surface area contributed by atoms with Crippen molar-refractivity contribution >= 4 is 24.2 Å². The van der Waals surface area contributed by atoms with Crippen LogP contribution in [0, 0.1) is 0 Å². The van der Waals surface area contributed by atoms with Crippen molar-refractivity contribution in [2.24, 2.45) is 0 Å². The van der Waals surface area contributed by atoms with E-state index >= 15 is 0 Å². The Morgan fingerprint density at radius 1 is 0.706 bits per heavy atom. The summed E-state index contributed by atoms with van der Waals surface area (Å²) >= 11 is 0. The van der Waals surface area contributed by atoms with E-state index < -0.39 is 24.2 Å². The van der Waals surface area contributed by atoms with Gasteiger partial charge in [-0.1, -0.05) is 80.6 Å². The second kappa shape index (κ2) is 4.35. The fraction of sp³-hybridized carbons (Fsp3) is 0.714. The van der Waals surface area contributed by atoms with Crippen LogP contribution in [0.1, 0.15) is 6.42 Å². The molecule has 98 valence electrons. The normalized spacial score (nSPS) is 18.8. The predicted octanol–water partition coefficient (Wildman–Crippen LogP) is 5.25. The molecule has 0 aromatic heterocycles. The SMILES string of the molecule is C[Si](C)(C)C1=CCC([Si](C)(C)C)=C1[Si](C)(C)C. The van der Waals surface area contributed by atoms with E-state index in [2.05, 4.69) is 65.0 Å². The Bertz CT molecular complexity index is 368. The lowest BCUT2D eigenvalue weighted by Crippen LogP contribution is -2.37. The Morgan fingerprint density at radius 2 is 1.18 bits per heavy atom. The highest BCUT2D eigenvalue weighted by atomic mass is 28.3. The average molecular weight is 283 g/mol. The lowest BCUT2D eigenvalue weighted by atomic mass is 10.5. The van der Waals surface area contributed by atoms with Gasteiger partial charge in [0.25, 0.3) is 0 Å². The smallest absolute Gasteiger partial charge is 0.0770 e. The maximum atomic E-state index is 2.59. The Balaban J connectivity index is 3.38. The quantitative estimate of drug-likeness (QED) is 0.621. The molecule has 0 aromatic rings. The van der Waals surface area contributed by atoms with E-state index in [1.165, 1.54) is 6.42 Å². The van der Waals surface area contributed by atoms with E-state index in [4.69, 9.17) is 0 Å². The first-order valence-corrected chi connectivity index (χ1v) is 17.3. The first-order chi connectivity index (χ1) is 7.35. The fourth-order valence-corrected chi connectivity index (χ4v) is 12.5. The summed E-state index contributed by atoms with van der Waals surface area (Å²) < 4.78 is 0. The highest BCUT2D eigenvalue weighted by Gasteiger charge is 2.38. The van der Waals surface area contributed by atoms with Crippen LogP contribution in [0.25, 0.3) is 0 Å². The van der Waals surface area contributed by atoms with Crippen LogP contribution in [0.3, 0.4) is 0 Å². The van der Waals surface area contributed by atoms with Crippen LogP contribution in [-0.4, -0.2) is 24.2 Å². The van der Waals surface area contributed by atoms with E-state index in [1.807, 2.05) is 10.4 Å². The molecule has 1 rings (SSSR count). The second-order valence-corrected chi connectivity index (χ2v) is 23.6. The maximum Gasteiger partial charge on any atom is 0.0770 e. The Kier molecular flexibility index (Phi) is 3.89. The minimum Gasteiger partial charge on any atom is -0.0817 e. The highest BCUT2D eigenvalue weighted by molar-refractivity contribution is 6.95. The number of hydrogen-bond donors (Lipinski definition) is 0. The lowest BCUT2D eigenvalue weighted by molar-refractivity contribution is 1.34. The molecule has 1 aliphatic rings. The van der Waals surface area contributed by atoms with Gasteiger partial charge in [0.2, 0.25) is 0 Å². The standard InChI is InChI=1S/C14H30Si3/c1-15(2,3)12-10-11-13(16(4,5)6)14(12)17(7,8)9/h10H,11H2,1-9H3. The first-order valence-electron chi connectivity index (χ1n) is 6.80. The zero-order valence-electron chi connectivity index (χ0n) is 13.3. The summed E-state index contributed by atoms with van der Waals surface area (Å²) in [6.07, 6.45) is 3.86. The van der Waals surface area contributed by atoms with Gasteiger partial charge in [0, 0.05) is 0 Å². The molecule has 0 aliphatic heterocycles. The van der Waals surface area contributed by atoms with Crippen LogP contribution >= 0.6 is 0 Å². The molecule has 0 amide bonds. The van der Waals surface area contributed by atoms with Gasteiger partial charge < -0.3 is 0 Å². The van der Waals surface area contributed by atoms with Crippen molar-refractivity contribution in [2.45, 2.75) is 65.3 Å². The minimum absolute atomic E-state index is 1.13. The van der Waals surface area contributed by atoms with Crippen LogP contribution in [0.4, 0.5) is 0 Å². The third-order valence-corrected chi connectivity index (χ3v) is 10.5. The molecular formula is C14H30Si3. The maximum absolute atomic E-state index is 2.59. The topological polar surface area (TPSA) is 0 Å². The zero-order chi connectivity index (χ0) is 13.6. The molecular weight excluding hydrogens is 252 g/mol. The van der Waals surface area contributed by atoms with E-state index in [-0.39, 0.29) is 0 Å². The molecule has 0 N–H and O–H groups in total. The van der Waals surface area contributed by atoms with Gasteiger partial charge in [0.05, 0.1) is 24.2 Å². The molecule has 0 atom stereocenters. The second-order valence-electron chi connectivity index (χ2n) is 8.43. The largest absolute Gasteiger partial charge is 0.0817 e. The Morgan fingerprint density at radius 3 is 1.47 bits per heavy atom. The molecule has 0 nitrogen and oxygen atoms in total. The summed E-state index contributed by atoms with van der Waals surface area (Å²) in [5, 5.41) is 5.54. The van der Waals surface area contributed by atoms with Crippen molar-refractivity contribution in [3.05, 3.63) is 21.7 Å². The van der Waals surface area contributed by atoms with Crippen LogP contribution < -0.4 is 0 Å². The van der Waals surface area contributed by atoms with E-state index in [1.54, 1.807) is 5.20 Å². The van der Waals surface area contributed by atoms with Crippen molar-refractivity contribution in [3.8, 4) is 0 Å². The zero-order valence-corrected chi connectivity index (χ0v) is 16.3. The summed E-state index contributed by atoms with van der Waals surface area (Å²) in [5.41, 5.74) is 0. The van der Waals surface area contributed by atoms with E-state index in [0.717, 1.165) is 0 Å². The van der Waals surface area contributed by atoms with Gasteiger partial charge in [-0.2, -0.15) is 0 Å². The van der Waals surface area contributed by atoms with Crippen molar-refractivity contribution in [1.82, 2.24) is 0 Å². The number of hydrogen-bond acceptors (Lipinski definition) is 0. The van der Waals surface area contributed by atoms with Crippen LogP contribution in [0.2, 0.25) is 58.9 Å². The van der Waals surface area contributed by atoms with Crippen LogP contribution in [0.15, 0.2) is 21.7 Å². The molecule has 0 saturated heterocycles. The third kappa shape index (κ3) is 3.32. The third-order valence-electron chi connectivity index (χ3n) is 3.54. The van der Waals surface area contributed by atoms with Crippen molar-refractivity contribution in [3.63, 3.8) is 0 Å². The van der Waals surface area contributed by atoms with Crippen LogP contribution in [-0.2, 0) is 0 Å². The van der Waals surface area contributed by atoms with Crippen molar-refractivity contribution in [1.29, 1.82) is 0 Å². The van der Waals surface area contributed by atoms with Gasteiger partial charge in [-0.15, -0.1) is 0 Å². The molecule has 0 saturated carbocycles. The van der Waals surface area contributed by atoms with Crippen LogP contribution in [0.5, 0.6) is 0 Å². The molecule has 0 heterocycles. The molecule has 0 radical (unpaired) electrons. The monoisotopic (exact) mass is 282 g/mol. The minimum atomic E-state index is -1.19. The Labute approximate surface area is 111 Å². The molecule has 3 heteroatoms. The molecule has 1 aliphatic carbocycles. The van der Waals surface area contributed by atoms with Gasteiger partial charge in [-0.25, -0.2) is 0 Å². The molecule has 0 spiro atoms. The van der Waals surface area contributed by atoms with Gasteiger partial charge in [-0.3, -0.25) is 0 Å². The summed E-state index contributed by atoms with van der Waals surface area (Å²) in [6, 6.07) is 0. The predicted molar refractivity (Wildman–Crippen MR) is 89.8 cm³/mol. The van der Waals surface area contributed by atoms with Gasteiger partial charge in [-0.05, 0) is 6.42 Å². The summed E-state index contributed by atoms with van der Waals surface area (Å²) in [4.78, 5) is 0. The lowest BCUT2D eigenvalue weighted by Gasteiger charge is -2.33. The van der Waals surface area contributed by atoms with Gasteiger partial charge >= 0.3 is 0 Å². The molecule has 0 aromatic carbocycles. The van der Waals surface area contributed by atoms with Gasteiger partial charge in [0.15, 0.2) is 0 Å². The van der Waals surface area contributed by atoms with Crippen molar-refractivity contribution in [2.75, 3.05) is 0 Å². The molecule has 0 bridgehead atoms. The number of rotatable bonds is 3. The van der Waals surface area contributed by atoms with Gasteiger partial charge in [0.1, 0.15) is 0 Å². The van der Waals surface area contributed by atoms with E-state index in [9.17, 15) is 0 Å². The average Bonchev–Trinajstić information content (AvgIpc) is 2.42. The molecule has 0 fully saturated rings. The fourth-order valence-electron chi connectivity index (χ4n) is 2.79. The molecule has 17 heavy (non-hydrogen) atoms. The summed E-state index contributed by atoms with van der Waals surface area (Å²) in [6.45, 7) is 22.7. The molecule has 0 unspecified atom stereocenters. The Hall–Kier alpha value is 0.131. The van der Waals surface area contributed by atoms with Crippen molar-refractivity contribution < 1.29 is 0 Å². The highest BCUT2D eigenvalue weighted by Crippen LogP contribution is 2.41. The van der Waals surface area contributed by atoms with E-state index in [0.29, 0.717) is 0 Å². The summed E-state index contributed by atoms with van der Waals surface area (Å²) in [7, 11) is -3.48. The summed E-state index contributed by atoms with van der Waals surface area (Å²) in [5.74, 6) is 0. The first kappa shape index (κ1) is 15.2. The number of allylic oxidation sites excluding steroid dienone is 4.